The van der Waals surface area contributed by atoms with Gasteiger partial charge in [-0.25, -0.2) is 0 Å². The maximum atomic E-state index is 3.50. The average molecular weight is 137 g/mol. The Morgan fingerprint density at radius 1 is 1.57 bits per heavy atom. The Hall–Kier alpha value is 0.200. The molecule has 42 valence electrons. The van der Waals surface area contributed by atoms with E-state index in [1.54, 1.807) is 6.08 Å². The fourth-order valence-electron chi connectivity index (χ4n) is 0.175. The molecule has 0 heterocycles. The van der Waals surface area contributed by atoms with Crippen molar-refractivity contribution in [1.82, 2.24) is 0 Å². The first-order valence-electron chi connectivity index (χ1n) is 1.89. The lowest BCUT2D eigenvalue weighted by Crippen LogP contribution is -1.51. The highest BCUT2D eigenvalue weighted by molar-refractivity contribution is 7.16. The van der Waals surface area contributed by atoms with Crippen molar-refractivity contribution in [3.05, 3.63) is 24.8 Å². The van der Waals surface area contributed by atoms with Gasteiger partial charge in [0.05, 0.1) is 0 Å². The van der Waals surface area contributed by atoms with Gasteiger partial charge in [-0.15, -0.1) is 21.6 Å². The molecule has 0 aliphatic rings. The summed E-state index contributed by atoms with van der Waals surface area (Å²) in [6.07, 6.45) is 6.74. The molecule has 0 radical (unpaired) electrons. The standard InChI is InChI=1S/C5H9P.ClH/c1-2-3-4-5-6;/h2-4H,1,5-6H2;1H. The Kier molecular flexibility index (Phi) is 13.9. The monoisotopic (exact) mass is 136 g/mol. The summed E-state index contributed by atoms with van der Waals surface area (Å²) in [5.41, 5.74) is 0. The van der Waals surface area contributed by atoms with Gasteiger partial charge in [-0.05, 0) is 6.16 Å². The number of hydrogen-bond acceptors (Lipinski definition) is 0. The van der Waals surface area contributed by atoms with Gasteiger partial charge in [0.15, 0.2) is 0 Å². The van der Waals surface area contributed by atoms with E-state index in [1.807, 2.05) is 12.2 Å². The number of halogens is 1. The highest BCUT2D eigenvalue weighted by Crippen LogP contribution is 1.80. The molecule has 0 nitrogen and oxygen atoms in total. The van der Waals surface area contributed by atoms with Crippen LogP contribution in [0.15, 0.2) is 24.8 Å². The molecule has 0 aliphatic carbocycles. The predicted octanol–water partition coefficient (Wildman–Crippen LogP) is 2.03. The minimum atomic E-state index is 0. The molecular formula is C5H10ClP. The van der Waals surface area contributed by atoms with Crippen LogP contribution in [0.25, 0.3) is 0 Å². The molecule has 0 saturated heterocycles. The molecule has 0 spiro atoms. The van der Waals surface area contributed by atoms with E-state index in [0.717, 1.165) is 6.16 Å². The molecule has 0 amide bonds. The first-order chi connectivity index (χ1) is 2.91. The molecular weight excluding hydrogens is 126 g/mol. The molecule has 2 heteroatoms. The van der Waals surface area contributed by atoms with Crippen LogP contribution in [0.2, 0.25) is 0 Å². The largest absolute Gasteiger partial charge is 0.147 e. The lowest BCUT2D eigenvalue weighted by atomic mass is 10.5. The summed E-state index contributed by atoms with van der Waals surface area (Å²) < 4.78 is 0. The van der Waals surface area contributed by atoms with E-state index >= 15 is 0 Å². The molecule has 1 unspecified atom stereocenters. The van der Waals surface area contributed by atoms with Gasteiger partial charge in [0.2, 0.25) is 0 Å². The summed E-state index contributed by atoms with van der Waals surface area (Å²) in [7, 11) is 2.59. The van der Waals surface area contributed by atoms with Crippen LogP contribution in [0.3, 0.4) is 0 Å². The number of allylic oxidation sites excluding steroid dienone is 3. The Balaban J connectivity index is 0. The Morgan fingerprint density at radius 3 is 2.29 bits per heavy atom. The normalized spacial score (nSPS) is 8.14. The van der Waals surface area contributed by atoms with Crippen LogP contribution < -0.4 is 0 Å². The summed E-state index contributed by atoms with van der Waals surface area (Å²) in [4.78, 5) is 0. The van der Waals surface area contributed by atoms with Crippen LogP contribution in [0, 0.1) is 0 Å². The van der Waals surface area contributed by atoms with Gasteiger partial charge in [0.25, 0.3) is 0 Å². The van der Waals surface area contributed by atoms with Crippen LogP contribution in [0.5, 0.6) is 0 Å². The molecule has 1 atom stereocenters. The van der Waals surface area contributed by atoms with Crippen molar-refractivity contribution in [1.29, 1.82) is 0 Å². The number of rotatable bonds is 2. The third-order valence-corrected chi connectivity index (χ3v) is 0.680. The molecule has 0 rings (SSSR count). The van der Waals surface area contributed by atoms with E-state index in [2.05, 4.69) is 15.8 Å². The fourth-order valence-corrected chi connectivity index (χ4v) is 0.332. The van der Waals surface area contributed by atoms with Crippen molar-refractivity contribution in [2.24, 2.45) is 0 Å². The molecule has 0 N–H and O–H groups in total. The van der Waals surface area contributed by atoms with E-state index < -0.39 is 0 Å². The van der Waals surface area contributed by atoms with Crippen molar-refractivity contribution in [2.75, 3.05) is 6.16 Å². The molecule has 0 aromatic heterocycles. The Labute approximate surface area is 53.3 Å². The maximum absolute atomic E-state index is 3.50. The van der Waals surface area contributed by atoms with Crippen LogP contribution in [0.4, 0.5) is 0 Å². The SMILES string of the molecule is C=CC=CCP.Cl. The summed E-state index contributed by atoms with van der Waals surface area (Å²) in [5, 5.41) is 0. The minimum Gasteiger partial charge on any atom is -0.147 e. The van der Waals surface area contributed by atoms with Gasteiger partial charge in [0, 0.05) is 0 Å². The van der Waals surface area contributed by atoms with Crippen molar-refractivity contribution in [2.45, 2.75) is 0 Å². The van der Waals surface area contributed by atoms with E-state index in [0.29, 0.717) is 0 Å². The van der Waals surface area contributed by atoms with Crippen LogP contribution in [-0.4, -0.2) is 6.16 Å². The summed E-state index contributed by atoms with van der Waals surface area (Å²) >= 11 is 0. The topological polar surface area (TPSA) is 0 Å². The zero-order valence-corrected chi connectivity index (χ0v) is 6.10. The van der Waals surface area contributed by atoms with Crippen molar-refractivity contribution in [3.8, 4) is 0 Å². The lowest BCUT2D eigenvalue weighted by molar-refractivity contribution is 1.77. The van der Waals surface area contributed by atoms with Crippen LogP contribution in [0.1, 0.15) is 0 Å². The first-order valence-corrected chi connectivity index (χ1v) is 2.71. The van der Waals surface area contributed by atoms with E-state index in [9.17, 15) is 0 Å². The second-order valence-corrected chi connectivity index (χ2v) is 1.37. The van der Waals surface area contributed by atoms with Crippen molar-refractivity contribution >= 4 is 21.6 Å². The smallest absolute Gasteiger partial charge is 0.0197 e. The third kappa shape index (κ3) is 10.7. The fraction of sp³-hybridized carbons (Fsp3) is 0.200. The van der Waals surface area contributed by atoms with Gasteiger partial charge in [-0.1, -0.05) is 24.8 Å². The maximum Gasteiger partial charge on any atom is -0.0197 e. The van der Waals surface area contributed by atoms with Gasteiger partial charge in [0.1, 0.15) is 0 Å². The molecule has 7 heavy (non-hydrogen) atoms. The molecule has 0 aromatic rings. The van der Waals surface area contributed by atoms with Crippen molar-refractivity contribution in [3.63, 3.8) is 0 Å². The molecule has 0 bridgehead atoms. The summed E-state index contributed by atoms with van der Waals surface area (Å²) in [5.74, 6) is 0. The van der Waals surface area contributed by atoms with Gasteiger partial charge in [-0.3, -0.25) is 0 Å². The number of hydrogen-bond donors (Lipinski definition) is 0. The quantitative estimate of drug-likeness (QED) is 0.403. The van der Waals surface area contributed by atoms with E-state index in [-0.39, 0.29) is 12.4 Å². The molecule has 0 saturated carbocycles. The molecule has 0 aliphatic heterocycles. The summed E-state index contributed by atoms with van der Waals surface area (Å²) in [6, 6.07) is 0. The second-order valence-electron chi connectivity index (χ2n) is 0.900. The third-order valence-electron chi connectivity index (χ3n) is 0.408. The zero-order valence-electron chi connectivity index (χ0n) is 4.13. The Bertz CT molecular complexity index is 59.1. The second kappa shape index (κ2) is 9.50. The zero-order chi connectivity index (χ0) is 4.83. The Morgan fingerprint density at radius 2 is 2.14 bits per heavy atom. The highest BCUT2D eigenvalue weighted by Gasteiger charge is 1.55. The lowest BCUT2D eigenvalue weighted by Gasteiger charge is -1.67. The van der Waals surface area contributed by atoms with Crippen LogP contribution >= 0.6 is 21.6 Å². The summed E-state index contributed by atoms with van der Waals surface area (Å²) in [6.45, 7) is 3.50. The van der Waals surface area contributed by atoms with E-state index in [4.69, 9.17) is 0 Å². The van der Waals surface area contributed by atoms with E-state index in [1.165, 1.54) is 0 Å². The highest BCUT2D eigenvalue weighted by atomic mass is 35.5. The first kappa shape index (κ1) is 10.2. The molecule has 0 aromatic carbocycles. The van der Waals surface area contributed by atoms with Crippen molar-refractivity contribution < 1.29 is 0 Å². The molecule has 0 fully saturated rings. The van der Waals surface area contributed by atoms with Gasteiger partial charge in [-0.2, -0.15) is 0 Å². The minimum absolute atomic E-state index is 0. The van der Waals surface area contributed by atoms with Crippen LogP contribution in [-0.2, 0) is 0 Å². The van der Waals surface area contributed by atoms with Gasteiger partial charge >= 0.3 is 0 Å². The average Bonchev–Trinajstić information content (AvgIpc) is 1.61. The predicted molar refractivity (Wildman–Crippen MR) is 41.2 cm³/mol. The van der Waals surface area contributed by atoms with Gasteiger partial charge < -0.3 is 0 Å².